The Bertz CT molecular complexity index is 691. The zero-order chi connectivity index (χ0) is 16.8. The standard InChI is InChI=1S/C18H16O4S2/c19-17(13-7-3-1-4-8-13)21-11-16-23-12-15(24-16)22-18(20)14-9-5-2-6-10-14/h1-10,15-16H,11-12H2. The van der Waals surface area contributed by atoms with Crippen molar-refractivity contribution < 1.29 is 19.1 Å². The van der Waals surface area contributed by atoms with Crippen LogP contribution in [0.3, 0.4) is 0 Å². The second-order valence-electron chi connectivity index (χ2n) is 5.06. The first kappa shape index (κ1) is 16.9. The van der Waals surface area contributed by atoms with Crippen LogP contribution in [0.4, 0.5) is 0 Å². The van der Waals surface area contributed by atoms with Crippen LogP contribution in [0.5, 0.6) is 0 Å². The summed E-state index contributed by atoms with van der Waals surface area (Å²) in [6.45, 7) is 0.294. The predicted octanol–water partition coefficient (Wildman–Crippen LogP) is 3.83. The van der Waals surface area contributed by atoms with Crippen LogP contribution < -0.4 is 0 Å². The first-order valence-corrected chi connectivity index (χ1v) is 9.47. The minimum Gasteiger partial charge on any atom is -0.460 e. The van der Waals surface area contributed by atoms with Gasteiger partial charge >= 0.3 is 11.9 Å². The van der Waals surface area contributed by atoms with Crippen LogP contribution in [0.15, 0.2) is 60.7 Å². The molecule has 0 bridgehead atoms. The molecule has 4 nitrogen and oxygen atoms in total. The highest BCUT2D eigenvalue weighted by Crippen LogP contribution is 2.38. The Balaban J connectivity index is 1.44. The summed E-state index contributed by atoms with van der Waals surface area (Å²) >= 11 is 3.15. The molecule has 1 fully saturated rings. The van der Waals surface area contributed by atoms with Crippen molar-refractivity contribution >= 4 is 35.5 Å². The molecule has 1 heterocycles. The maximum atomic E-state index is 12.0. The van der Waals surface area contributed by atoms with E-state index in [1.807, 2.05) is 12.1 Å². The van der Waals surface area contributed by atoms with Gasteiger partial charge in [-0.3, -0.25) is 0 Å². The van der Waals surface area contributed by atoms with E-state index in [-0.39, 0.29) is 22.0 Å². The number of thioether (sulfide) groups is 2. The summed E-state index contributed by atoms with van der Waals surface area (Å²) in [6, 6.07) is 17.8. The van der Waals surface area contributed by atoms with Gasteiger partial charge in [-0.15, -0.1) is 11.8 Å². The van der Waals surface area contributed by atoms with E-state index >= 15 is 0 Å². The van der Waals surface area contributed by atoms with Crippen molar-refractivity contribution in [2.45, 2.75) is 10.0 Å². The molecule has 0 aliphatic carbocycles. The Hall–Kier alpha value is -1.92. The van der Waals surface area contributed by atoms with Gasteiger partial charge in [0, 0.05) is 5.75 Å². The summed E-state index contributed by atoms with van der Waals surface area (Å²) in [5.41, 5.74) is 0.864. The van der Waals surface area contributed by atoms with E-state index in [9.17, 15) is 9.59 Å². The molecule has 0 saturated carbocycles. The van der Waals surface area contributed by atoms with Gasteiger partial charge in [0.2, 0.25) is 0 Å². The van der Waals surface area contributed by atoms with Gasteiger partial charge in [0.05, 0.1) is 15.7 Å². The summed E-state index contributed by atoms with van der Waals surface area (Å²) in [5.74, 6) is 0.0359. The molecular weight excluding hydrogens is 344 g/mol. The third-order valence-corrected chi connectivity index (χ3v) is 6.29. The quantitative estimate of drug-likeness (QED) is 0.755. The van der Waals surface area contributed by atoms with Gasteiger partial charge in [-0.05, 0) is 24.3 Å². The lowest BCUT2D eigenvalue weighted by molar-refractivity contribution is 0.0481. The molecule has 3 rings (SSSR count). The van der Waals surface area contributed by atoms with Gasteiger partial charge in [0.15, 0.2) is 5.44 Å². The monoisotopic (exact) mass is 360 g/mol. The highest BCUT2D eigenvalue weighted by atomic mass is 32.2. The summed E-state index contributed by atoms with van der Waals surface area (Å²) in [7, 11) is 0. The maximum Gasteiger partial charge on any atom is 0.339 e. The fourth-order valence-corrected chi connectivity index (χ4v) is 4.85. The van der Waals surface area contributed by atoms with Gasteiger partial charge in [0.25, 0.3) is 0 Å². The number of carbonyl (C=O) groups excluding carboxylic acids is 2. The smallest absolute Gasteiger partial charge is 0.339 e. The van der Waals surface area contributed by atoms with E-state index in [1.54, 1.807) is 60.3 Å². The molecule has 1 saturated heterocycles. The highest BCUT2D eigenvalue weighted by molar-refractivity contribution is 8.20. The fraction of sp³-hybridized carbons (Fsp3) is 0.222. The second-order valence-corrected chi connectivity index (χ2v) is 7.97. The third-order valence-electron chi connectivity index (χ3n) is 3.33. The van der Waals surface area contributed by atoms with Gasteiger partial charge in [-0.1, -0.05) is 48.2 Å². The molecule has 0 amide bonds. The van der Waals surface area contributed by atoms with Crippen LogP contribution in [0, 0.1) is 0 Å². The van der Waals surface area contributed by atoms with Crippen molar-refractivity contribution in [3.8, 4) is 0 Å². The van der Waals surface area contributed by atoms with Crippen molar-refractivity contribution in [2.24, 2.45) is 0 Å². The summed E-state index contributed by atoms with van der Waals surface area (Å²) in [5, 5.41) is 0. The maximum absolute atomic E-state index is 12.0. The number of rotatable bonds is 5. The van der Waals surface area contributed by atoms with Crippen molar-refractivity contribution in [3.63, 3.8) is 0 Å². The molecular formula is C18H16O4S2. The molecule has 24 heavy (non-hydrogen) atoms. The van der Waals surface area contributed by atoms with E-state index < -0.39 is 0 Å². The number of ether oxygens (including phenoxy) is 2. The highest BCUT2D eigenvalue weighted by Gasteiger charge is 2.30. The average Bonchev–Trinajstić information content (AvgIpc) is 3.08. The van der Waals surface area contributed by atoms with Crippen LogP contribution >= 0.6 is 23.5 Å². The molecule has 0 spiro atoms. The number of carbonyl (C=O) groups is 2. The molecule has 1 aliphatic rings. The van der Waals surface area contributed by atoms with Gasteiger partial charge in [-0.25, -0.2) is 9.59 Å². The fourth-order valence-electron chi connectivity index (χ4n) is 2.15. The van der Waals surface area contributed by atoms with Crippen molar-refractivity contribution in [2.75, 3.05) is 12.4 Å². The Labute approximate surface area is 148 Å². The Morgan fingerprint density at radius 2 is 1.50 bits per heavy atom. The van der Waals surface area contributed by atoms with Gasteiger partial charge in [0.1, 0.15) is 6.61 Å². The van der Waals surface area contributed by atoms with Crippen molar-refractivity contribution in [1.82, 2.24) is 0 Å². The zero-order valence-corrected chi connectivity index (χ0v) is 14.4. The van der Waals surface area contributed by atoms with Gasteiger partial charge in [-0.2, -0.15) is 0 Å². The summed E-state index contributed by atoms with van der Waals surface area (Å²) in [4.78, 5) is 23.9. The van der Waals surface area contributed by atoms with Crippen LogP contribution in [-0.2, 0) is 9.47 Å². The largest absolute Gasteiger partial charge is 0.460 e. The van der Waals surface area contributed by atoms with Crippen LogP contribution in [0.1, 0.15) is 20.7 Å². The number of benzene rings is 2. The first-order valence-electron chi connectivity index (χ1n) is 7.47. The normalized spacial score (nSPS) is 19.7. The number of hydrogen-bond donors (Lipinski definition) is 0. The van der Waals surface area contributed by atoms with Crippen LogP contribution in [0.2, 0.25) is 0 Å². The molecule has 2 aromatic rings. The molecule has 0 N–H and O–H groups in total. The van der Waals surface area contributed by atoms with Crippen LogP contribution in [-0.4, -0.2) is 34.3 Å². The third kappa shape index (κ3) is 4.55. The minimum atomic E-state index is -0.332. The van der Waals surface area contributed by atoms with E-state index in [1.165, 1.54) is 11.8 Å². The Kier molecular flexibility index (Phi) is 5.82. The lowest BCUT2D eigenvalue weighted by Gasteiger charge is -2.12. The minimum absolute atomic E-state index is 0.0752. The SMILES string of the molecule is O=C(OCC1SCC(OC(=O)c2ccccc2)S1)c1ccccc1. The number of esters is 2. The molecule has 0 aromatic heterocycles. The lowest BCUT2D eigenvalue weighted by Crippen LogP contribution is -2.16. The average molecular weight is 360 g/mol. The van der Waals surface area contributed by atoms with Gasteiger partial charge < -0.3 is 9.47 Å². The molecule has 0 radical (unpaired) electrons. The Morgan fingerprint density at radius 3 is 2.12 bits per heavy atom. The Morgan fingerprint density at radius 1 is 0.917 bits per heavy atom. The van der Waals surface area contributed by atoms with Crippen LogP contribution in [0.25, 0.3) is 0 Å². The molecule has 124 valence electrons. The summed E-state index contributed by atoms with van der Waals surface area (Å²) in [6.07, 6.45) is 0. The molecule has 2 unspecified atom stereocenters. The molecule has 6 heteroatoms. The van der Waals surface area contributed by atoms with Crippen molar-refractivity contribution in [3.05, 3.63) is 71.8 Å². The number of hydrogen-bond acceptors (Lipinski definition) is 6. The first-order chi connectivity index (χ1) is 11.7. The predicted molar refractivity (Wildman–Crippen MR) is 96.2 cm³/mol. The molecule has 2 atom stereocenters. The van der Waals surface area contributed by atoms with E-state index in [0.29, 0.717) is 23.5 Å². The molecule has 1 aliphatic heterocycles. The van der Waals surface area contributed by atoms with E-state index in [0.717, 1.165) is 0 Å². The molecule has 2 aromatic carbocycles. The van der Waals surface area contributed by atoms with E-state index in [2.05, 4.69) is 0 Å². The lowest BCUT2D eigenvalue weighted by atomic mass is 10.2. The topological polar surface area (TPSA) is 52.6 Å². The zero-order valence-electron chi connectivity index (χ0n) is 12.8. The summed E-state index contributed by atoms with van der Waals surface area (Å²) < 4.78 is 10.9. The van der Waals surface area contributed by atoms with Crippen molar-refractivity contribution in [1.29, 1.82) is 0 Å². The second kappa shape index (κ2) is 8.26. The van der Waals surface area contributed by atoms with E-state index in [4.69, 9.17) is 9.47 Å².